The molecule has 2 rings (SSSR count). The van der Waals surface area contributed by atoms with Gasteiger partial charge >= 0.3 is 5.97 Å². The van der Waals surface area contributed by atoms with E-state index in [1.807, 2.05) is 32.9 Å². The number of ether oxygens (including phenoxy) is 2. The molecule has 0 aliphatic rings. The number of amides is 2. The van der Waals surface area contributed by atoms with Crippen molar-refractivity contribution >= 4 is 28.8 Å². The van der Waals surface area contributed by atoms with E-state index in [2.05, 4.69) is 10.6 Å². The van der Waals surface area contributed by atoms with Crippen LogP contribution in [0, 0.1) is 0 Å². The van der Waals surface area contributed by atoms with Gasteiger partial charge in [-0.15, -0.1) is 0 Å². The van der Waals surface area contributed by atoms with Crippen LogP contribution in [0.5, 0.6) is 0 Å². The third-order valence-electron chi connectivity index (χ3n) is 3.56. The lowest BCUT2D eigenvalue weighted by Crippen LogP contribution is -2.41. The van der Waals surface area contributed by atoms with E-state index in [9.17, 15) is 14.4 Å². The number of furan rings is 1. The number of nitrogens with one attached hydrogen (secondary N) is 2. The zero-order valence-corrected chi connectivity index (χ0v) is 15.7. The van der Waals surface area contributed by atoms with Crippen LogP contribution in [0.3, 0.4) is 0 Å². The Bertz CT molecular complexity index is 812. The number of fused-ring (bicyclic) bond motifs is 1. The molecule has 0 radical (unpaired) electrons. The second-order valence-corrected chi connectivity index (χ2v) is 6.12. The molecule has 2 amide bonds. The van der Waals surface area contributed by atoms with E-state index in [0.717, 1.165) is 5.39 Å². The molecule has 0 unspecified atom stereocenters. The molecule has 8 nitrogen and oxygen atoms in total. The Morgan fingerprint density at radius 2 is 1.89 bits per heavy atom. The highest BCUT2D eigenvalue weighted by Gasteiger charge is 2.22. The van der Waals surface area contributed by atoms with Crippen molar-refractivity contribution in [2.45, 2.75) is 33.4 Å². The van der Waals surface area contributed by atoms with Crippen LogP contribution < -0.4 is 10.6 Å². The normalized spacial score (nSPS) is 10.8. The van der Waals surface area contributed by atoms with Crippen LogP contribution in [0.25, 0.3) is 11.0 Å². The van der Waals surface area contributed by atoms with E-state index in [0.29, 0.717) is 17.8 Å². The lowest BCUT2D eigenvalue weighted by molar-refractivity contribution is -0.128. The van der Waals surface area contributed by atoms with Gasteiger partial charge in [-0.2, -0.15) is 0 Å². The predicted molar refractivity (Wildman–Crippen MR) is 98.1 cm³/mol. The van der Waals surface area contributed by atoms with Gasteiger partial charge in [0.05, 0.1) is 13.2 Å². The second kappa shape index (κ2) is 9.72. The van der Waals surface area contributed by atoms with Crippen molar-refractivity contribution in [2.75, 3.05) is 19.8 Å². The van der Waals surface area contributed by atoms with Crippen LogP contribution in [0.15, 0.2) is 28.7 Å². The third kappa shape index (κ3) is 5.82. The molecule has 0 saturated carbocycles. The average molecular weight is 376 g/mol. The van der Waals surface area contributed by atoms with Crippen molar-refractivity contribution in [3.05, 3.63) is 35.6 Å². The van der Waals surface area contributed by atoms with Gasteiger partial charge in [-0.25, -0.2) is 4.79 Å². The summed E-state index contributed by atoms with van der Waals surface area (Å²) >= 11 is 0. The van der Waals surface area contributed by atoms with E-state index in [1.54, 1.807) is 12.1 Å². The van der Waals surface area contributed by atoms with Crippen molar-refractivity contribution in [1.82, 2.24) is 10.6 Å². The van der Waals surface area contributed by atoms with Crippen LogP contribution in [-0.4, -0.2) is 43.6 Å². The quantitative estimate of drug-likeness (QED) is 0.646. The lowest BCUT2D eigenvalue weighted by atomic mass is 10.1. The molecule has 0 aliphatic carbocycles. The van der Waals surface area contributed by atoms with Crippen LogP contribution in [-0.2, 0) is 25.7 Å². The first-order chi connectivity index (χ1) is 12.9. The molecule has 0 fully saturated rings. The Kier molecular flexibility index (Phi) is 7.36. The minimum atomic E-state index is -0.761. The van der Waals surface area contributed by atoms with E-state index < -0.39 is 18.5 Å². The first-order valence-corrected chi connectivity index (χ1v) is 8.73. The predicted octanol–water partition coefficient (Wildman–Crippen LogP) is 1.77. The standard InChI is InChI=1S/C19H24N2O6/c1-4-25-10-14-13-7-5-6-8-15(13)27-18(14)19(24)26-11-17(23)20-9-16(22)21-12(2)3/h5-8,12H,4,9-11H2,1-3H3,(H,20,23)(H,21,22). The molecule has 0 spiro atoms. The minimum Gasteiger partial charge on any atom is -0.450 e. The second-order valence-electron chi connectivity index (χ2n) is 6.12. The fourth-order valence-electron chi connectivity index (χ4n) is 2.41. The van der Waals surface area contributed by atoms with Gasteiger partial charge in [-0.05, 0) is 26.8 Å². The van der Waals surface area contributed by atoms with Crippen LogP contribution in [0.4, 0.5) is 0 Å². The molecule has 1 heterocycles. The maximum absolute atomic E-state index is 12.4. The molecule has 1 aromatic heterocycles. The van der Waals surface area contributed by atoms with E-state index in [1.165, 1.54) is 0 Å². The molecule has 0 atom stereocenters. The highest BCUT2D eigenvalue weighted by molar-refractivity contribution is 5.97. The fourth-order valence-corrected chi connectivity index (χ4v) is 2.41. The van der Waals surface area contributed by atoms with Crippen molar-refractivity contribution in [2.24, 2.45) is 0 Å². The van der Waals surface area contributed by atoms with Crippen molar-refractivity contribution in [3.63, 3.8) is 0 Å². The van der Waals surface area contributed by atoms with Gasteiger partial charge < -0.3 is 24.5 Å². The SMILES string of the molecule is CCOCc1c(C(=O)OCC(=O)NCC(=O)NC(C)C)oc2ccccc12. The Balaban J connectivity index is 1.97. The van der Waals surface area contributed by atoms with Crippen LogP contribution in [0.2, 0.25) is 0 Å². The molecule has 1 aromatic carbocycles. The van der Waals surface area contributed by atoms with Gasteiger partial charge in [-0.1, -0.05) is 18.2 Å². The smallest absolute Gasteiger partial charge is 0.375 e. The monoisotopic (exact) mass is 376 g/mol. The Labute approximate surface area is 157 Å². The summed E-state index contributed by atoms with van der Waals surface area (Å²) in [5, 5.41) is 5.78. The zero-order chi connectivity index (χ0) is 19.8. The first-order valence-electron chi connectivity index (χ1n) is 8.73. The van der Waals surface area contributed by atoms with Crippen LogP contribution >= 0.6 is 0 Å². The Hall–Kier alpha value is -2.87. The molecule has 2 aromatic rings. The van der Waals surface area contributed by atoms with Crippen molar-refractivity contribution in [3.8, 4) is 0 Å². The maximum Gasteiger partial charge on any atom is 0.375 e. The van der Waals surface area contributed by atoms with E-state index >= 15 is 0 Å². The highest BCUT2D eigenvalue weighted by Crippen LogP contribution is 2.27. The van der Waals surface area contributed by atoms with Gasteiger partial charge in [0.15, 0.2) is 6.61 Å². The minimum absolute atomic E-state index is 0.00926. The van der Waals surface area contributed by atoms with Gasteiger partial charge in [0.1, 0.15) is 5.58 Å². The summed E-state index contributed by atoms with van der Waals surface area (Å²) in [5.74, 6) is -1.65. The van der Waals surface area contributed by atoms with Gasteiger partial charge in [0.25, 0.3) is 5.91 Å². The summed E-state index contributed by atoms with van der Waals surface area (Å²) in [6.45, 7) is 5.45. The molecular formula is C19H24N2O6. The Morgan fingerprint density at radius 3 is 2.59 bits per heavy atom. The molecule has 146 valence electrons. The third-order valence-corrected chi connectivity index (χ3v) is 3.56. The first kappa shape index (κ1) is 20.4. The number of carbonyl (C=O) groups excluding carboxylic acids is 3. The molecule has 27 heavy (non-hydrogen) atoms. The number of esters is 1. The summed E-state index contributed by atoms with van der Waals surface area (Å²) in [5.41, 5.74) is 1.11. The number of hydrogen-bond donors (Lipinski definition) is 2. The van der Waals surface area contributed by atoms with Crippen LogP contribution in [0.1, 0.15) is 36.9 Å². The summed E-state index contributed by atoms with van der Waals surface area (Å²) in [6, 6.07) is 7.16. The summed E-state index contributed by atoms with van der Waals surface area (Å²) in [7, 11) is 0. The fraction of sp³-hybridized carbons (Fsp3) is 0.421. The topological polar surface area (TPSA) is 107 Å². The summed E-state index contributed by atoms with van der Waals surface area (Å²) < 4.78 is 16.0. The van der Waals surface area contributed by atoms with Gasteiger partial charge in [-0.3, -0.25) is 9.59 Å². The molecule has 8 heteroatoms. The number of hydrogen-bond acceptors (Lipinski definition) is 6. The number of benzene rings is 1. The van der Waals surface area contributed by atoms with Crippen molar-refractivity contribution < 1.29 is 28.3 Å². The summed E-state index contributed by atoms with van der Waals surface area (Å²) in [6.07, 6.45) is 0. The molecular weight excluding hydrogens is 352 g/mol. The number of carbonyl (C=O) groups is 3. The maximum atomic E-state index is 12.4. The van der Waals surface area contributed by atoms with Crippen molar-refractivity contribution in [1.29, 1.82) is 0 Å². The largest absolute Gasteiger partial charge is 0.450 e. The number of para-hydroxylation sites is 1. The average Bonchev–Trinajstić information content (AvgIpc) is 3.00. The molecule has 0 bridgehead atoms. The van der Waals surface area contributed by atoms with Gasteiger partial charge in [0, 0.05) is 23.6 Å². The zero-order valence-electron chi connectivity index (χ0n) is 15.7. The molecule has 0 saturated heterocycles. The Morgan fingerprint density at radius 1 is 1.15 bits per heavy atom. The van der Waals surface area contributed by atoms with E-state index in [4.69, 9.17) is 13.9 Å². The number of rotatable bonds is 9. The highest BCUT2D eigenvalue weighted by atomic mass is 16.5. The van der Waals surface area contributed by atoms with Gasteiger partial charge in [0.2, 0.25) is 11.7 Å². The molecule has 2 N–H and O–H groups in total. The van der Waals surface area contributed by atoms with E-state index in [-0.39, 0.29) is 30.9 Å². The molecule has 0 aliphatic heterocycles. The lowest BCUT2D eigenvalue weighted by Gasteiger charge is -2.09. The summed E-state index contributed by atoms with van der Waals surface area (Å²) in [4.78, 5) is 35.6.